The van der Waals surface area contributed by atoms with E-state index in [1.54, 1.807) is 0 Å². The third-order valence-corrected chi connectivity index (χ3v) is 6.84. The summed E-state index contributed by atoms with van der Waals surface area (Å²) in [5.41, 5.74) is 1.11. The molecule has 1 fully saturated rings. The molecule has 2 aliphatic rings. The Balaban J connectivity index is 1.72. The highest BCUT2D eigenvalue weighted by molar-refractivity contribution is 9.10. The molecule has 1 N–H and O–H groups in total. The van der Waals surface area contributed by atoms with Crippen LogP contribution in [0.3, 0.4) is 0 Å². The second kappa shape index (κ2) is 5.66. The molecule has 2 atom stereocenters. The highest BCUT2D eigenvalue weighted by Crippen LogP contribution is 2.34. The summed E-state index contributed by atoms with van der Waals surface area (Å²) in [4.78, 5) is 0. The molecular formula is C14H18BrNO3S. The summed E-state index contributed by atoms with van der Waals surface area (Å²) in [7, 11) is -2.88. The summed E-state index contributed by atoms with van der Waals surface area (Å²) >= 11 is 3.47. The number of fused-ring (bicyclic) bond motifs is 1. The first-order valence-electron chi connectivity index (χ1n) is 6.93. The van der Waals surface area contributed by atoms with Crippen LogP contribution >= 0.6 is 15.9 Å². The number of nitrogens with one attached hydrogen (secondary N) is 1. The molecule has 4 nitrogen and oxygen atoms in total. The smallest absolute Gasteiger partial charge is 0.154 e. The average Bonchev–Trinajstić information content (AvgIpc) is 2.75. The molecule has 0 aliphatic carbocycles. The minimum absolute atomic E-state index is 0.173. The van der Waals surface area contributed by atoms with Crippen molar-refractivity contribution in [2.24, 2.45) is 0 Å². The van der Waals surface area contributed by atoms with Crippen LogP contribution in [0.4, 0.5) is 0 Å². The summed E-state index contributed by atoms with van der Waals surface area (Å²) in [6, 6.07) is 6.14. The fourth-order valence-electron chi connectivity index (χ4n) is 2.94. The van der Waals surface area contributed by atoms with Crippen molar-refractivity contribution >= 4 is 25.8 Å². The molecule has 0 radical (unpaired) electrons. The van der Waals surface area contributed by atoms with Crippen LogP contribution in [0.2, 0.25) is 0 Å². The van der Waals surface area contributed by atoms with Crippen molar-refractivity contribution in [3.05, 3.63) is 28.2 Å². The third kappa shape index (κ3) is 2.87. The number of hydrogen-bond acceptors (Lipinski definition) is 4. The van der Waals surface area contributed by atoms with Gasteiger partial charge in [-0.3, -0.25) is 0 Å². The molecule has 20 heavy (non-hydrogen) atoms. The van der Waals surface area contributed by atoms with Gasteiger partial charge in [-0.25, -0.2) is 8.42 Å². The molecule has 2 heterocycles. The molecule has 0 spiro atoms. The van der Waals surface area contributed by atoms with Crippen molar-refractivity contribution in [1.29, 1.82) is 0 Å². The quantitative estimate of drug-likeness (QED) is 0.900. The van der Waals surface area contributed by atoms with E-state index < -0.39 is 9.84 Å². The van der Waals surface area contributed by atoms with Gasteiger partial charge < -0.3 is 10.1 Å². The molecule has 1 aromatic rings. The minimum atomic E-state index is -2.88. The lowest BCUT2D eigenvalue weighted by molar-refractivity contribution is 0.252. The topological polar surface area (TPSA) is 55.4 Å². The van der Waals surface area contributed by atoms with Gasteiger partial charge in [-0.15, -0.1) is 0 Å². The van der Waals surface area contributed by atoms with E-state index >= 15 is 0 Å². The van der Waals surface area contributed by atoms with E-state index in [9.17, 15) is 8.42 Å². The maximum Gasteiger partial charge on any atom is 0.154 e. The molecule has 2 unspecified atom stereocenters. The first-order valence-corrected chi connectivity index (χ1v) is 9.44. The molecule has 6 heteroatoms. The number of benzene rings is 1. The number of sulfone groups is 1. The van der Waals surface area contributed by atoms with Crippen molar-refractivity contribution in [2.75, 3.05) is 18.9 Å². The fourth-order valence-corrected chi connectivity index (χ4v) is 5.10. The maximum absolute atomic E-state index is 11.9. The molecule has 1 saturated heterocycles. The average molecular weight is 360 g/mol. The molecule has 0 bridgehead atoms. The summed E-state index contributed by atoms with van der Waals surface area (Å²) in [6.45, 7) is 1.21. The largest absolute Gasteiger partial charge is 0.493 e. The summed E-state index contributed by atoms with van der Waals surface area (Å²) in [5, 5.41) is 3.20. The maximum atomic E-state index is 11.9. The predicted molar refractivity (Wildman–Crippen MR) is 81.8 cm³/mol. The van der Waals surface area contributed by atoms with Crippen LogP contribution in [-0.2, 0) is 9.84 Å². The lowest BCUT2D eigenvalue weighted by atomic mass is 10.0. The Hall–Kier alpha value is -0.590. The van der Waals surface area contributed by atoms with Crippen molar-refractivity contribution in [3.63, 3.8) is 0 Å². The van der Waals surface area contributed by atoms with Gasteiger partial charge in [0, 0.05) is 29.0 Å². The number of rotatable bonds is 3. The van der Waals surface area contributed by atoms with Gasteiger partial charge in [-0.05, 0) is 31.0 Å². The number of hydrogen-bond donors (Lipinski definition) is 1. The van der Waals surface area contributed by atoms with Crippen molar-refractivity contribution in [3.8, 4) is 5.75 Å². The van der Waals surface area contributed by atoms with Crippen LogP contribution < -0.4 is 10.1 Å². The standard InChI is InChI=1S/C14H18BrNO3S/c15-10-3-4-14-12(8-10)13(5-6-19-14)16-9-11-2-1-7-20(11,17)18/h3-4,8,11,13,16H,1-2,5-7,9H2. The molecule has 0 aromatic heterocycles. The van der Waals surface area contributed by atoms with Crippen molar-refractivity contribution < 1.29 is 13.2 Å². The van der Waals surface area contributed by atoms with Crippen molar-refractivity contribution in [1.82, 2.24) is 5.32 Å². The van der Waals surface area contributed by atoms with E-state index in [-0.39, 0.29) is 11.3 Å². The molecule has 1 aromatic carbocycles. The predicted octanol–water partition coefficient (Wildman–Crippen LogP) is 2.44. The Kier molecular flexibility index (Phi) is 4.06. The minimum Gasteiger partial charge on any atom is -0.493 e. The summed E-state index contributed by atoms with van der Waals surface area (Å²) in [5.74, 6) is 1.24. The SMILES string of the molecule is O=S1(=O)CCCC1CNC1CCOc2ccc(Br)cc21. The van der Waals surface area contributed by atoms with Crippen LogP contribution in [-0.4, -0.2) is 32.6 Å². The highest BCUT2D eigenvalue weighted by Gasteiger charge is 2.32. The zero-order valence-electron chi connectivity index (χ0n) is 11.1. The van der Waals surface area contributed by atoms with E-state index in [1.807, 2.05) is 12.1 Å². The molecule has 2 aliphatic heterocycles. The molecule has 3 rings (SSSR count). The number of halogens is 1. The van der Waals surface area contributed by atoms with E-state index in [4.69, 9.17) is 4.74 Å². The third-order valence-electron chi connectivity index (χ3n) is 4.07. The van der Waals surface area contributed by atoms with Crippen LogP contribution in [0.25, 0.3) is 0 Å². The first-order chi connectivity index (χ1) is 9.56. The lowest BCUT2D eigenvalue weighted by Crippen LogP contribution is -2.35. The molecular weight excluding hydrogens is 342 g/mol. The Morgan fingerprint density at radius 3 is 2.95 bits per heavy atom. The molecule has 0 amide bonds. The van der Waals surface area contributed by atoms with E-state index in [1.165, 1.54) is 0 Å². The Morgan fingerprint density at radius 1 is 1.35 bits per heavy atom. The molecule has 0 saturated carbocycles. The Bertz CT molecular complexity index is 602. The van der Waals surface area contributed by atoms with E-state index in [2.05, 4.69) is 27.3 Å². The van der Waals surface area contributed by atoms with Crippen LogP contribution in [0.15, 0.2) is 22.7 Å². The van der Waals surface area contributed by atoms with Gasteiger partial charge in [0.1, 0.15) is 5.75 Å². The summed E-state index contributed by atoms with van der Waals surface area (Å²) in [6.07, 6.45) is 2.45. The zero-order chi connectivity index (χ0) is 14.2. The van der Waals surface area contributed by atoms with Gasteiger partial charge in [0.15, 0.2) is 9.84 Å². The molecule has 110 valence electrons. The van der Waals surface area contributed by atoms with Gasteiger partial charge >= 0.3 is 0 Å². The zero-order valence-corrected chi connectivity index (χ0v) is 13.5. The van der Waals surface area contributed by atoms with Crippen LogP contribution in [0.5, 0.6) is 5.75 Å². The van der Waals surface area contributed by atoms with Gasteiger partial charge in [0.25, 0.3) is 0 Å². The Morgan fingerprint density at radius 2 is 2.20 bits per heavy atom. The normalized spacial score (nSPS) is 27.9. The first kappa shape index (κ1) is 14.4. The second-order valence-corrected chi connectivity index (χ2v) is 8.73. The van der Waals surface area contributed by atoms with E-state index in [0.29, 0.717) is 18.9 Å². The van der Waals surface area contributed by atoms with Crippen LogP contribution in [0.1, 0.15) is 30.9 Å². The van der Waals surface area contributed by atoms with E-state index in [0.717, 1.165) is 35.0 Å². The Labute approximate surface area is 127 Å². The lowest BCUT2D eigenvalue weighted by Gasteiger charge is -2.28. The monoisotopic (exact) mass is 359 g/mol. The highest BCUT2D eigenvalue weighted by atomic mass is 79.9. The van der Waals surface area contributed by atoms with Gasteiger partial charge in [-0.1, -0.05) is 15.9 Å². The van der Waals surface area contributed by atoms with Crippen LogP contribution in [0, 0.1) is 0 Å². The second-order valence-electron chi connectivity index (χ2n) is 5.41. The summed E-state index contributed by atoms with van der Waals surface area (Å²) < 4.78 is 30.4. The number of ether oxygens (including phenoxy) is 1. The van der Waals surface area contributed by atoms with Gasteiger partial charge in [0.05, 0.1) is 17.6 Å². The van der Waals surface area contributed by atoms with Gasteiger partial charge in [0.2, 0.25) is 0 Å². The van der Waals surface area contributed by atoms with Gasteiger partial charge in [-0.2, -0.15) is 0 Å². The van der Waals surface area contributed by atoms with Crippen molar-refractivity contribution in [2.45, 2.75) is 30.6 Å². The fraction of sp³-hybridized carbons (Fsp3) is 0.571.